The summed E-state index contributed by atoms with van der Waals surface area (Å²) in [4.78, 5) is 8.77. The standard InChI is InChI=1S/C12H16N4/c1-8-5-9(6-8)15-12-11-10(3-4-13-12)16(2)7-14-11/h3-4,7-9H,5-6H2,1-2H3,(H,13,15). The summed E-state index contributed by atoms with van der Waals surface area (Å²) < 4.78 is 2.02. The average Bonchev–Trinajstić information content (AvgIpc) is 2.60. The van der Waals surface area contributed by atoms with Crippen molar-refractivity contribution in [2.45, 2.75) is 25.8 Å². The van der Waals surface area contributed by atoms with Gasteiger partial charge in [0.2, 0.25) is 0 Å². The average molecular weight is 216 g/mol. The molecule has 4 nitrogen and oxygen atoms in total. The summed E-state index contributed by atoms with van der Waals surface area (Å²) in [6, 6.07) is 2.58. The molecule has 1 fully saturated rings. The van der Waals surface area contributed by atoms with E-state index in [0.717, 1.165) is 22.8 Å². The number of imidazole rings is 1. The normalized spacial score (nSPS) is 24.4. The molecule has 1 aliphatic rings. The van der Waals surface area contributed by atoms with Gasteiger partial charge in [-0.1, -0.05) is 6.92 Å². The Balaban J connectivity index is 1.91. The predicted molar refractivity (Wildman–Crippen MR) is 64.3 cm³/mol. The van der Waals surface area contributed by atoms with E-state index in [0.29, 0.717) is 6.04 Å². The van der Waals surface area contributed by atoms with Crippen LogP contribution in [-0.2, 0) is 7.05 Å². The van der Waals surface area contributed by atoms with E-state index in [2.05, 4.69) is 22.2 Å². The lowest BCUT2D eigenvalue weighted by molar-refractivity contribution is 0.309. The zero-order valence-corrected chi connectivity index (χ0v) is 9.64. The summed E-state index contributed by atoms with van der Waals surface area (Å²) in [7, 11) is 2.00. The van der Waals surface area contributed by atoms with Gasteiger partial charge in [-0.15, -0.1) is 0 Å². The molecule has 0 bridgehead atoms. The molecule has 2 aromatic rings. The molecule has 0 aromatic carbocycles. The van der Waals surface area contributed by atoms with E-state index < -0.39 is 0 Å². The number of hydrogen-bond acceptors (Lipinski definition) is 3. The van der Waals surface area contributed by atoms with Crippen molar-refractivity contribution in [1.82, 2.24) is 14.5 Å². The van der Waals surface area contributed by atoms with Crippen LogP contribution in [0.4, 0.5) is 5.82 Å². The van der Waals surface area contributed by atoms with E-state index in [1.165, 1.54) is 12.8 Å². The van der Waals surface area contributed by atoms with Gasteiger partial charge in [-0.2, -0.15) is 0 Å². The molecular formula is C12H16N4. The first kappa shape index (κ1) is 9.63. The Bertz CT molecular complexity index is 511. The van der Waals surface area contributed by atoms with E-state index in [1.54, 1.807) is 0 Å². The van der Waals surface area contributed by atoms with Gasteiger partial charge < -0.3 is 9.88 Å². The third kappa shape index (κ3) is 1.45. The van der Waals surface area contributed by atoms with Gasteiger partial charge in [0.15, 0.2) is 5.82 Å². The number of aromatic nitrogens is 3. The highest BCUT2D eigenvalue weighted by molar-refractivity contribution is 5.85. The number of aryl methyl sites for hydroxylation is 1. The lowest BCUT2D eigenvalue weighted by Gasteiger charge is -2.33. The molecule has 0 atom stereocenters. The Labute approximate surface area is 94.7 Å². The van der Waals surface area contributed by atoms with Gasteiger partial charge >= 0.3 is 0 Å². The fraction of sp³-hybridized carbons (Fsp3) is 0.500. The molecule has 0 amide bonds. The van der Waals surface area contributed by atoms with Gasteiger partial charge in [-0.25, -0.2) is 9.97 Å². The van der Waals surface area contributed by atoms with Crippen molar-refractivity contribution in [2.75, 3.05) is 5.32 Å². The van der Waals surface area contributed by atoms with Crippen molar-refractivity contribution < 1.29 is 0 Å². The Morgan fingerprint density at radius 2 is 2.19 bits per heavy atom. The number of pyridine rings is 1. The number of rotatable bonds is 2. The van der Waals surface area contributed by atoms with Crippen LogP contribution in [0.25, 0.3) is 11.0 Å². The van der Waals surface area contributed by atoms with Crippen LogP contribution < -0.4 is 5.32 Å². The lowest BCUT2D eigenvalue weighted by atomic mass is 9.82. The van der Waals surface area contributed by atoms with Crippen molar-refractivity contribution in [3.05, 3.63) is 18.6 Å². The molecule has 0 aliphatic heterocycles. The first-order chi connectivity index (χ1) is 7.74. The molecular weight excluding hydrogens is 200 g/mol. The molecule has 3 rings (SSSR count). The fourth-order valence-corrected chi connectivity index (χ4v) is 2.38. The Hall–Kier alpha value is -1.58. The summed E-state index contributed by atoms with van der Waals surface area (Å²) >= 11 is 0. The van der Waals surface area contributed by atoms with Gasteiger partial charge in [0.1, 0.15) is 5.52 Å². The van der Waals surface area contributed by atoms with Gasteiger partial charge in [-0.3, -0.25) is 0 Å². The zero-order chi connectivity index (χ0) is 11.1. The van der Waals surface area contributed by atoms with E-state index >= 15 is 0 Å². The minimum Gasteiger partial charge on any atom is -0.365 e. The van der Waals surface area contributed by atoms with Crippen LogP contribution in [0.15, 0.2) is 18.6 Å². The van der Waals surface area contributed by atoms with Crippen LogP contribution >= 0.6 is 0 Å². The lowest BCUT2D eigenvalue weighted by Crippen LogP contribution is -2.34. The van der Waals surface area contributed by atoms with Crippen LogP contribution in [0.5, 0.6) is 0 Å². The monoisotopic (exact) mass is 216 g/mol. The Kier molecular flexibility index (Phi) is 2.09. The second-order valence-corrected chi connectivity index (χ2v) is 4.80. The maximum atomic E-state index is 4.39. The van der Waals surface area contributed by atoms with Crippen molar-refractivity contribution in [3.63, 3.8) is 0 Å². The molecule has 16 heavy (non-hydrogen) atoms. The van der Waals surface area contributed by atoms with Crippen molar-refractivity contribution in [2.24, 2.45) is 13.0 Å². The van der Waals surface area contributed by atoms with Crippen molar-refractivity contribution in [1.29, 1.82) is 0 Å². The third-order valence-electron chi connectivity index (χ3n) is 3.36. The summed E-state index contributed by atoms with van der Waals surface area (Å²) in [5.74, 6) is 1.77. The summed E-state index contributed by atoms with van der Waals surface area (Å²) in [6.07, 6.45) is 6.16. The molecule has 1 saturated carbocycles. The second-order valence-electron chi connectivity index (χ2n) is 4.80. The summed E-state index contributed by atoms with van der Waals surface area (Å²) in [5, 5.41) is 3.48. The molecule has 0 saturated heterocycles. The summed E-state index contributed by atoms with van der Waals surface area (Å²) in [5.41, 5.74) is 2.11. The van der Waals surface area contributed by atoms with E-state index in [9.17, 15) is 0 Å². The molecule has 1 aliphatic carbocycles. The van der Waals surface area contributed by atoms with Crippen molar-refractivity contribution >= 4 is 16.9 Å². The van der Waals surface area contributed by atoms with Gasteiger partial charge in [0.25, 0.3) is 0 Å². The highest BCUT2D eigenvalue weighted by Crippen LogP contribution is 2.30. The number of hydrogen-bond donors (Lipinski definition) is 1. The van der Waals surface area contributed by atoms with Gasteiger partial charge in [0.05, 0.1) is 11.8 Å². The van der Waals surface area contributed by atoms with Crippen LogP contribution in [0.1, 0.15) is 19.8 Å². The molecule has 2 aromatic heterocycles. The largest absolute Gasteiger partial charge is 0.365 e. The van der Waals surface area contributed by atoms with E-state index in [1.807, 2.05) is 30.2 Å². The minimum atomic E-state index is 0.579. The number of fused-ring (bicyclic) bond motifs is 1. The van der Waals surface area contributed by atoms with Crippen LogP contribution in [-0.4, -0.2) is 20.6 Å². The zero-order valence-electron chi connectivity index (χ0n) is 9.64. The quantitative estimate of drug-likeness (QED) is 0.836. The smallest absolute Gasteiger partial charge is 0.154 e. The van der Waals surface area contributed by atoms with E-state index in [4.69, 9.17) is 0 Å². The predicted octanol–water partition coefficient (Wildman–Crippen LogP) is 2.18. The van der Waals surface area contributed by atoms with E-state index in [-0.39, 0.29) is 0 Å². The fourth-order valence-electron chi connectivity index (χ4n) is 2.38. The Morgan fingerprint density at radius 1 is 1.38 bits per heavy atom. The number of anilines is 1. The molecule has 0 radical (unpaired) electrons. The molecule has 0 spiro atoms. The molecule has 84 valence electrons. The van der Waals surface area contributed by atoms with Crippen LogP contribution in [0.2, 0.25) is 0 Å². The SMILES string of the molecule is CC1CC(Nc2nccc3c2ncn3C)C1. The summed E-state index contributed by atoms with van der Waals surface area (Å²) in [6.45, 7) is 2.28. The second kappa shape index (κ2) is 3.47. The molecule has 1 N–H and O–H groups in total. The molecule has 0 unspecified atom stereocenters. The highest BCUT2D eigenvalue weighted by Gasteiger charge is 2.26. The molecule has 4 heteroatoms. The maximum Gasteiger partial charge on any atom is 0.154 e. The van der Waals surface area contributed by atoms with Gasteiger partial charge in [0, 0.05) is 19.3 Å². The van der Waals surface area contributed by atoms with Gasteiger partial charge in [-0.05, 0) is 24.8 Å². The topological polar surface area (TPSA) is 42.7 Å². The van der Waals surface area contributed by atoms with Crippen LogP contribution in [0, 0.1) is 5.92 Å². The van der Waals surface area contributed by atoms with Crippen LogP contribution in [0.3, 0.4) is 0 Å². The number of nitrogens with zero attached hydrogens (tertiary/aromatic N) is 3. The first-order valence-electron chi connectivity index (χ1n) is 5.76. The minimum absolute atomic E-state index is 0.579. The third-order valence-corrected chi connectivity index (χ3v) is 3.36. The highest BCUT2D eigenvalue weighted by atomic mass is 15.1. The first-order valence-corrected chi connectivity index (χ1v) is 5.76. The maximum absolute atomic E-state index is 4.39. The van der Waals surface area contributed by atoms with Crippen molar-refractivity contribution in [3.8, 4) is 0 Å². The Morgan fingerprint density at radius 3 is 2.94 bits per heavy atom. The number of nitrogens with one attached hydrogen (secondary N) is 1. The molecule has 2 heterocycles.